The first-order valence-electron chi connectivity index (χ1n) is 11.6. The van der Waals surface area contributed by atoms with Gasteiger partial charge in [0.05, 0.1) is 18.2 Å². The second-order valence-corrected chi connectivity index (χ2v) is 8.39. The molecule has 2 aromatic heterocycles. The second-order valence-electron chi connectivity index (χ2n) is 8.39. The Hall–Kier alpha value is -5.12. The average Bonchev–Trinajstić information content (AvgIpc) is 3.71. The summed E-state index contributed by atoms with van der Waals surface area (Å²) in [6, 6.07) is 21.3. The Morgan fingerprint density at radius 3 is 1.87 bits per heavy atom. The van der Waals surface area contributed by atoms with Gasteiger partial charge in [-0.1, -0.05) is 48.5 Å². The first-order chi connectivity index (χ1) is 18.5. The molecular formula is C28H21NO9. The van der Waals surface area contributed by atoms with Crippen molar-refractivity contribution in [1.29, 1.82) is 0 Å². The van der Waals surface area contributed by atoms with Crippen LogP contribution >= 0.6 is 0 Å². The summed E-state index contributed by atoms with van der Waals surface area (Å²) in [5, 5.41) is 0. The molecular weight excluding hydrogens is 494 g/mol. The number of carbonyl (C=O) groups excluding carboxylic acids is 4. The average molecular weight is 515 g/mol. The van der Waals surface area contributed by atoms with Crippen molar-refractivity contribution in [1.82, 2.24) is 0 Å². The lowest BCUT2D eigenvalue weighted by Gasteiger charge is -2.27. The Morgan fingerprint density at radius 2 is 1.29 bits per heavy atom. The third-order valence-electron chi connectivity index (χ3n) is 6.00. The lowest BCUT2D eigenvalue weighted by atomic mass is 9.83. The molecule has 0 radical (unpaired) electrons. The van der Waals surface area contributed by atoms with Gasteiger partial charge in [-0.3, -0.25) is 4.79 Å². The number of hydrogen-bond donors (Lipinski definition) is 0. The van der Waals surface area contributed by atoms with E-state index in [0.29, 0.717) is 5.56 Å². The molecule has 192 valence electrons. The summed E-state index contributed by atoms with van der Waals surface area (Å²) in [5.41, 5.74) is -0.473. The van der Waals surface area contributed by atoms with Gasteiger partial charge in [0, 0.05) is 0 Å². The lowest BCUT2D eigenvalue weighted by molar-refractivity contribution is -0.126. The van der Waals surface area contributed by atoms with E-state index in [0.717, 1.165) is 10.5 Å². The zero-order valence-electron chi connectivity index (χ0n) is 19.9. The predicted molar refractivity (Wildman–Crippen MR) is 130 cm³/mol. The number of imide groups is 1. The fourth-order valence-corrected chi connectivity index (χ4v) is 4.11. The number of anilines is 1. The van der Waals surface area contributed by atoms with E-state index in [9.17, 15) is 19.2 Å². The topological polar surface area (TPSA) is 125 Å². The predicted octanol–water partition coefficient (Wildman–Crippen LogP) is 4.51. The Labute approximate surface area is 216 Å². The van der Waals surface area contributed by atoms with E-state index < -0.39 is 42.6 Å². The number of fused-ring (bicyclic) bond motifs is 1. The molecule has 1 aliphatic heterocycles. The molecule has 2 amide bonds. The maximum atomic E-state index is 13.9. The zero-order valence-corrected chi connectivity index (χ0v) is 19.9. The number of furan rings is 2. The van der Waals surface area contributed by atoms with Crippen molar-refractivity contribution >= 4 is 29.6 Å². The van der Waals surface area contributed by atoms with Crippen molar-refractivity contribution in [2.24, 2.45) is 0 Å². The second kappa shape index (κ2) is 10.5. The molecule has 0 N–H and O–H groups in total. The molecule has 0 spiro atoms. The van der Waals surface area contributed by atoms with Gasteiger partial charge in [0.25, 0.3) is 5.91 Å². The van der Waals surface area contributed by atoms with Gasteiger partial charge in [0.1, 0.15) is 25.2 Å². The van der Waals surface area contributed by atoms with E-state index in [1.165, 1.54) is 36.8 Å². The summed E-state index contributed by atoms with van der Waals surface area (Å²) in [4.78, 5) is 53.1. The number of benzene rings is 2. The number of carbonyl (C=O) groups is 4. The number of rotatable bonds is 8. The first-order valence-corrected chi connectivity index (χ1v) is 11.6. The SMILES string of the molecule is O=C(OCC1(COC(=O)c2ccco2)C(=O)N(C(=O)OCc2ccccc2)c2ccccc21)c1ccco1. The van der Waals surface area contributed by atoms with Crippen LogP contribution in [0.2, 0.25) is 0 Å². The number of esters is 2. The zero-order chi connectivity index (χ0) is 26.5. The summed E-state index contributed by atoms with van der Waals surface area (Å²) in [6.45, 7) is -1.16. The van der Waals surface area contributed by atoms with Crippen LogP contribution in [0.4, 0.5) is 10.5 Å². The summed E-state index contributed by atoms with van der Waals surface area (Å²) < 4.78 is 26.4. The van der Waals surface area contributed by atoms with Crippen molar-refractivity contribution in [3.63, 3.8) is 0 Å². The molecule has 1 aliphatic rings. The summed E-state index contributed by atoms with van der Waals surface area (Å²) in [7, 11) is 0. The maximum Gasteiger partial charge on any atom is 0.421 e. The molecule has 5 rings (SSSR count). The van der Waals surface area contributed by atoms with Crippen molar-refractivity contribution in [3.8, 4) is 0 Å². The standard InChI is InChI=1S/C28H21NO9/c30-24(22-12-6-14-34-22)37-17-28(18-38-25(31)23-13-7-15-35-23)20-10-4-5-11-21(20)29(26(28)32)27(33)36-16-19-8-2-1-3-9-19/h1-15H,16-18H2. The van der Waals surface area contributed by atoms with Crippen molar-refractivity contribution < 1.29 is 42.2 Å². The number of nitrogens with zero attached hydrogens (tertiary/aromatic N) is 1. The van der Waals surface area contributed by atoms with E-state index in [1.807, 2.05) is 6.07 Å². The van der Waals surface area contributed by atoms with Gasteiger partial charge in [0.15, 0.2) is 0 Å². The molecule has 0 fully saturated rings. The molecule has 10 heteroatoms. The Kier molecular flexibility index (Phi) is 6.77. The fraction of sp³-hybridized carbons (Fsp3) is 0.143. The Balaban J connectivity index is 1.45. The lowest BCUT2D eigenvalue weighted by Crippen LogP contribution is -2.49. The van der Waals surface area contributed by atoms with Crippen LogP contribution in [0.15, 0.2) is 100 Å². The van der Waals surface area contributed by atoms with Crippen LogP contribution in [0.25, 0.3) is 0 Å². The highest BCUT2D eigenvalue weighted by atomic mass is 16.6. The smallest absolute Gasteiger partial charge is 0.421 e. The van der Waals surface area contributed by atoms with E-state index in [2.05, 4.69) is 0 Å². The molecule has 0 atom stereocenters. The quantitative estimate of drug-likeness (QED) is 0.246. The number of ether oxygens (including phenoxy) is 3. The highest BCUT2D eigenvalue weighted by Gasteiger charge is 2.55. The normalized spacial score (nSPS) is 13.6. The van der Waals surface area contributed by atoms with Crippen LogP contribution < -0.4 is 4.90 Å². The number of hydrogen-bond acceptors (Lipinski definition) is 9. The van der Waals surface area contributed by atoms with Crippen molar-refractivity contribution in [2.75, 3.05) is 18.1 Å². The molecule has 0 unspecified atom stereocenters. The van der Waals surface area contributed by atoms with Crippen LogP contribution in [0.5, 0.6) is 0 Å². The van der Waals surface area contributed by atoms with Crippen LogP contribution in [-0.4, -0.2) is 37.2 Å². The Bertz CT molecular complexity index is 1390. The van der Waals surface area contributed by atoms with Gasteiger partial charge >= 0.3 is 18.0 Å². The molecule has 3 heterocycles. The number of para-hydroxylation sites is 1. The summed E-state index contributed by atoms with van der Waals surface area (Å²) in [6.07, 6.45) is 1.68. The highest BCUT2D eigenvalue weighted by Crippen LogP contribution is 2.43. The van der Waals surface area contributed by atoms with E-state index in [-0.39, 0.29) is 23.8 Å². The minimum Gasteiger partial charge on any atom is -0.458 e. The van der Waals surface area contributed by atoms with E-state index in [4.69, 9.17) is 23.0 Å². The minimum absolute atomic E-state index is 0.0699. The van der Waals surface area contributed by atoms with Gasteiger partial charge in [-0.25, -0.2) is 19.3 Å². The van der Waals surface area contributed by atoms with Gasteiger partial charge < -0.3 is 23.0 Å². The van der Waals surface area contributed by atoms with Gasteiger partial charge in [-0.05, 0) is 41.5 Å². The molecule has 2 aromatic carbocycles. The molecule has 0 bridgehead atoms. The maximum absolute atomic E-state index is 13.9. The van der Waals surface area contributed by atoms with Crippen LogP contribution in [-0.2, 0) is 31.0 Å². The minimum atomic E-state index is -1.74. The summed E-state index contributed by atoms with van der Waals surface area (Å²) in [5.74, 6) is -2.60. The molecule has 0 saturated carbocycles. The fourth-order valence-electron chi connectivity index (χ4n) is 4.11. The monoisotopic (exact) mass is 515 g/mol. The van der Waals surface area contributed by atoms with Crippen LogP contribution in [0.3, 0.4) is 0 Å². The Morgan fingerprint density at radius 1 is 0.711 bits per heavy atom. The largest absolute Gasteiger partial charge is 0.458 e. The number of amides is 2. The molecule has 10 nitrogen and oxygen atoms in total. The molecule has 0 saturated heterocycles. The van der Waals surface area contributed by atoms with Crippen LogP contribution in [0, 0.1) is 0 Å². The molecule has 0 aliphatic carbocycles. The highest BCUT2D eigenvalue weighted by molar-refractivity contribution is 6.21. The summed E-state index contributed by atoms with van der Waals surface area (Å²) >= 11 is 0. The van der Waals surface area contributed by atoms with E-state index in [1.54, 1.807) is 48.5 Å². The van der Waals surface area contributed by atoms with Crippen LogP contribution in [0.1, 0.15) is 32.2 Å². The van der Waals surface area contributed by atoms with Gasteiger partial charge in [-0.15, -0.1) is 0 Å². The first kappa shape index (κ1) is 24.6. The molecule has 38 heavy (non-hydrogen) atoms. The van der Waals surface area contributed by atoms with Crippen molar-refractivity contribution in [3.05, 3.63) is 114 Å². The van der Waals surface area contributed by atoms with E-state index >= 15 is 0 Å². The van der Waals surface area contributed by atoms with Crippen molar-refractivity contribution in [2.45, 2.75) is 12.0 Å². The van der Waals surface area contributed by atoms with Gasteiger partial charge in [0.2, 0.25) is 11.5 Å². The molecule has 4 aromatic rings. The van der Waals surface area contributed by atoms with Gasteiger partial charge in [-0.2, -0.15) is 0 Å². The third-order valence-corrected chi connectivity index (χ3v) is 6.00. The third kappa shape index (κ3) is 4.66.